The number of hydrogen-bond acceptors (Lipinski definition) is 5. The number of thioether (sulfide) groups is 1. The van der Waals surface area contributed by atoms with Crippen molar-refractivity contribution in [2.75, 3.05) is 18.8 Å². The zero-order valence-corrected chi connectivity index (χ0v) is 18.9. The molecule has 1 saturated heterocycles. The third-order valence-electron chi connectivity index (χ3n) is 5.57. The van der Waals surface area contributed by atoms with Crippen LogP contribution in [0.2, 0.25) is 0 Å². The van der Waals surface area contributed by atoms with Gasteiger partial charge in [0.15, 0.2) is 5.16 Å². The van der Waals surface area contributed by atoms with Crippen LogP contribution in [-0.2, 0) is 11.3 Å². The molecule has 0 bridgehead atoms. The van der Waals surface area contributed by atoms with Crippen LogP contribution in [0.4, 0.5) is 0 Å². The molecular weight excluding hydrogens is 406 g/mol. The molecule has 1 aliphatic rings. The molecule has 1 aliphatic heterocycles. The molecule has 31 heavy (non-hydrogen) atoms. The number of nitrogens with one attached hydrogen (secondary N) is 1. The Hall–Kier alpha value is -2.64. The average molecular weight is 436 g/mol. The zero-order valence-electron chi connectivity index (χ0n) is 18.1. The molecule has 162 valence electrons. The second-order valence-electron chi connectivity index (χ2n) is 8.29. The van der Waals surface area contributed by atoms with Crippen LogP contribution in [0.25, 0.3) is 5.69 Å². The monoisotopic (exact) mass is 435 g/mol. The molecule has 1 N–H and O–H groups in total. The molecule has 2 aromatic carbocycles. The fraction of sp³-hybridized carbons (Fsp3) is 0.375. The first-order valence-electron chi connectivity index (χ1n) is 10.8. The summed E-state index contributed by atoms with van der Waals surface area (Å²) in [6.45, 7) is 7.19. The summed E-state index contributed by atoms with van der Waals surface area (Å²) in [6, 6.07) is 19.1. The fourth-order valence-corrected chi connectivity index (χ4v) is 4.59. The van der Waals surface area contributed by atoms with Gasteiger partial charge in [-0.15, -0.1) is 10.2 Å². The van der Waals surface area contributed by atoms with Gasteiger partial charge in [-0.3, -0.25) is 14.3 Å². The minimum absolute atomic E-state index is 0.0428. The SMILES string of the molecule is CC(C)c1ccc(-n2cnnc2SCC(=O)NC2CCN(Cc3ccccc3)C2)cc1. The highest BCUT2D eigenvalue weighted by Crippen LogP contribution is 2.22. The van der Waals surface area contributed by atoms with Gasteiger partial charge in [0.2, 0.25) is 5.91 Å². The summed E-state index contributed by atoms with van der Waals surface area (Å²) in [5, 5.41) is 12.1. The highest BCUT2D eigenvalue weighted by atomic mass is 32.2. The molecule has 3 aromatic rings. The molecule has 6 nitrogen and oxygen atoms in total. The minimum atomic E-state index is 0.0428. The van der Waals surface area contributed by atoms with Crippen LogP contribution in [0, 0.1) is 0 Å². The standard InChI is InChI=1S/C24H29N5OS/c1-18(2)20-8-10-22(11-9-20)29-17-25-27-24(29)31-16-23(30)26-21-12-13-28(15-21)14-19-6-4-3-5-7-19/h3-11,17-18,21H,12-16H2,1-2H3,(H,26,30). The first kappa shape index (κ1) is 21.6. The quantitative estimate of drug-likeness (QED) is 0.544. The van der Waals surface area contributed by atoms with Crippen molar-refractivity contribution in [3.8, 4) is 5.69 Å². The van der Waals surface area contributed by atoms with Crippen LogP contribution < -0.4 is 5.32 Å². The summed E-state index contributed by atoms with van der Waals surface area (Å²) in [7, 11) is 0. The van der Waals surface area contributed by atoms with E-state index in [1.54, 1.807) is 6.33 Å². The predicted molar refractivity (Wildman–Crippen MR) is 124 cm³/mol. The first-order valence-corrected chi connectivity index (χ1v) is 11.8. The molecular formula is C24H29N5OS. The minimum Gasteiger partial charge on any atom is -0.351 e. The maximum atomic E-state index is 12.5. The van der Waals surface area contributed by atoms with E-state index in [0.29, 0.717) is 11.7 Å². The second-order valence-corrected chi connectivity index (χ2v) is 9.23. The van der Waals surface area contributed by atoms with E-state index in [2.05, 4.69) is 82.8 Å². The van der Waals surface area contributed by atoms with Crippen molar-refractivity contribution < 1.29 is 4.79 Å². The molecule has 0 saturated carbocycles. The summed E-state index contributed by atoms with van der Waals surface area (Å²) in [4.78, 5) is 14.9. The van der Waals surface area contributed by atoms with E-state index in [4.69, 9.17) is 0 Å². The van der Waals surface area contributed by atoms with Gasteiger partial charge in [0.25, 0.3) is 0 Å². The average Bonchev–Trinajstić information content (AvgIpc) is 3.42. The zero-order chi connectivity index (χ0) is 21.6. The number of rotatable bonds is 8. The van der Waals surface area contributed by atoms with Crippen molar-refractivity contribution in [3.05, 3.63) is 72.1 Å². The van der Waals surface area contributed by atoms with E-state index >= 15 is 0 Å². The van der Waals surface area contributed by atoms with E-state index in [-0.39, 0.29) is 11.9 Å². The van der Waals surface area contributed by atoms with Gasteiger partial charge >= 0.3 is 0 Å². The Labute approximate surface area is 188 Å². The Balaban J connectivity index is 1.27. The number of hydrogen-bond donors (Lipinski definition) is 1. The molecule has 1 unspecified atom stereocenters. The lowest BCUT2D eigenvalue weighted by molar-refractivity contribution is -0.119. The highest BCUT2D eigenvalue weighted by Gasteiger charge is 2.24. The number of benzene rings is 2. The Morgan fingerprint density at radius 1 is 1.16 bits per heavy atom. The number of likely N-dealkylation sites (tertiary alicyclic amines) is 1. The van der Waals surface area contributed by atoms with Crippen LogP contribution in [0.1, 0.15) is 37.3 Å². The van der Waals surface area contributed by atoms with E-state index in [9.17, 15) is 4.79 Å². The Kier molecular flexibility index (Phi) is 7.04. The largest absolute Gasteiger partial charge is 0.351 e. The van der Waals surface area contributed by atoms with Crippen LogP contribution >= 0.6 is 11.8 Å². The number of aromatic nitrogens is 3. The van der Waals surface area contributed by atoms with Gasteiger partial charge in [-0.2, -0.15) is 0 Å². The van der Waals surface area contributed by atoms with Crippen molar-refractivity contribution in [3.63, 3.8) is 0 Å². The van der Waals surface area contributed by atoms with Gasteiger partial charge < -0.3 is 5.32 Å². The van der Waals surface area contributed by atoms with Gasteiger partial charge in [-0.1, -0.05) is 68.1 Å². The van der Waals surface area contributed by atoms with Crippen LogP contribution in [0.15, 0.2) is 66.1 Å². The van der Waals surface area contributed by atoms with Crippen molar-refractivity contribution in [2.45, 2.75) is 43.9 Å². The summed E-state index contributed by atoms with van der Waals surface area (Å²) in [5.74, 6) is 0.866. The van der Waals surface area contributed by atoms with E-state index in [0.717, 1.165) is 36.9 Å². The molecule has 0 aliphatic carbocycles. The summed E-state index contributed by atoms with van der Waals surface area (Å²) < 4.78 is 1.93. The van der Waals surface area contributed by atoms with Crippen molar-refractivity contribution in [1.82, 2.24) is 25.0 Å². The lowest BCUT2D eigenvalue weighted by atomic mass is 10.0. The molecule has 1 amide bonds. The number of carbonyl (C=O) groups excluding carboxylic acids is 1. The van der Waals surface area contributed by atoms with Crippen molar-refractivity contribution >= 4 is 17.7 Å². The number of carbonyl (C=O) groups is 1. The molecule has 1 atom stereocenters. The molecule has 2 heterocycles. The van der Waals surface area contributed by atoms with Gasteiger partial charge in [0.05, 0.1) is 5.75 Å². The molecule has 4 rings (SSSR count). The lowest BCUT2D eigenvalue weighted by Gasteiger charge is -2.16. The lowest BCUT2D eigenvalue weighted by Crippen LogP contribution is -2.38. The van der Waals surface area contributed by atoms with Gasteiger partial charge in [-0.05, 0) is 35.6 Å². The van der Waals surface area contributed by atoms with Crippen LogP contribution in [-0.4, -0.2) is 50.5 Å². The second kappa shape index (κ2) is 10.1. The van der Waals surface area contributed by atoms with Crippen molar-refractivity contribution in [1.29, 1.82) is 0 Å². The molecule has 1 aromatic heterocycles. The third kappa shape index (κ3) is 5.74. The topological polar surface area (TPSA) is 63.1 Å². The number of amides is 1. The van der Waals surface area contributed by atoms with Crippen molar-refractivity contribution in [2.24, 2.45) is 0 Å². The van der Waals surface area contributed by atoms with Gasteiger partial charge in [0.1, 0.15) is 6.33 Å². The smallest absolute Gasteiger partial charge is 0.230 e. The number of nitrogens with zero attached hydrogens (tertiary/aromatic N) is 4. The maximum absolute atomic E-state index is 12.5. The summed E-state index contributed by atoms with van der Waals surface area (Å²) >= 11 is 1.42. The molecule has 1 fully saturated rings. The van der Waals surface area contributed by atoms with Crippen LogP contribution in [0.5, 0.6) is 0 Å². The first-order chi connectivity index (χ1) is 15.1. The van der Waals surface area contributed by atoms with Gasteiger partial charge in [0, 0.05) is 31.4 Å². The normalized spacial score (nSPS) is 16.7. The van der Waals surface area contributed by atoms with Crippen LogP contribution in [0.3, 0.4) is 0 Å². The Bertz CT molecular complexity index is 987. The van der Waals surface area contributed by atoms with E-state index in [1.807, 2.05) is 10.6 Å². The Morgan fingerprint density at radius 3 is 2.68 bits per heavy atom. The fourth-order valence-electron chi connectivity index (χ4n) is 3.85. The maximum Gasteiger partial charge on any atom is 0.230 e. The predicted octanol–water partition coefficient (Wildman–Crippen LogP) is 3.87. The highest BCUT2D eigenvalue weighted by molar-refractivity contribution is 7.99. The molecule has 0 radical (unpaired) electrons. The van der Waals surface area contributed by atoms with Gasteiger partial charge in [-0.25, -0.2) is 0 Å². The Morgan fingerprint density at radius 2 is 1.94 bits per heavy atom. The van der Waals surface area contributed by atoms with E-state index in [1.165, 1.54) is 22.9 Å². The third-order valence-corrected chi connectivity index (χ3v) is 6.52. The summed E-state index contributed by atoms with van der Waals surface area (Å²) in [5.41, 5.74) is 3.61. The summed E-state index contributed by atoms with van der Waals surface area (Å²) in [6.07, 6.45) is 2.69. The molecule has 0 spiro atoms. The van der Waals surface area contributed by atoms with E-state index < -0.39 is 0 Å². The molecule has 7 heteroatoms.